The van der Waals surface area contributed by atoms with Gasteiger partial charge in [0.1, 0.15) is 0 Å². The lowest BCUT2D eigenvalue weighted by atomic mass is 10.1. The second-order valence-electron chi connectivity index (χ2n) is 2.98. The molecule has 0 amide bonds. The number of hydrogen-bond acceptors (Lipinski definition) is 4. The highest BCUT2D eigenvalue weighted by molar-refractivity contribution is 5.74. The predicted molar refractivity (Wildman–Crippen MR) is 52.1 cm³/mol. The number of ether oxygens (including phenoxy) is 2. The minimum Gasteiger partial charge on any atom is -0.494 e. The maximum Gasteiger partial charge on any atom is 0.337 e. The number of benzene rings is 1. The van der Waals surface area contributed by atoms with Crippen molar-refractivity contribution in [3.8, 4) is 11.5 Å². The van der Waals surface area contributed by atoms with E-state index in [0.717, 1.165) is 12.1 Å². The van der Waals surface area contributed by atoms with Crippen LogP contribution in [0.5, 0.6) is 11.5 Å². The van der Waals surface area contributed by atoms with E-state index < -0.39 is 17.9 Å². The van der Waals surface area contributed by atoms with Gasteiger partial charge in [-0.2, -0.15) is 4.39 Å². The molecule has 1 rings (SSSR count). The van der Waals surface area contributed by atoms with Gasteiger partial charge in [-0.15, -0.1) is 0 Å². The largest absolute Gasteiger partial charge is 0.494 e. The summed E-state index contributed by atoms with van der Waals surface area (Å²) in [5.41, 5.74) is -0.0115. The first-order chi connectivity index (χ1) is 7.51. The van der Waals surface area contributed by atoms with Crippen LogP contribution in [-0.2, 0) is 4.79 Å². The average molecular weight is 230 g/mol. The van der Waals surface area contributed by atoms with E-state index in [2.05, 4.69) is 0 Å². The molecule has 0 radical (unpaired) electrons. The molecule has 1 atom stereocenters. The highest BCUT2D eigenvalue weighted by atomic mass is 19.1. The van der Waals surface area contributed by atoms with E-state index in [0.29, 0.717) is 0 Å². The van der Waals surface area contributed by atoms with E-state index >= 15 is 0 Å². The number of aliphatic hydroxyl groups is 1. The molecule has 0 saturated heterocycles. The highest BCUT2D eigenvalue weighted by Crippen LogP contribution is 2.31. The molecule has 1 aromatic carbocycles. The molecule has 0 aliphatic carbocycles. The summed E-state index contributed by atoms with van der Waals surface area (Å²) in [7, 11) is 2.46. The van der Waals surface area contributed by atoms with Crippen LogP contribution in [0.1, 0.15) is 11.7 Å². The molecule has 0 aromatic heterocycles. The molecule has 88 valence electrons. The van der Waals surface area contributed by atoms with Crippen molar-refractivity contribution in [1.29, 1.82) is 0 Å². The van der Waals surface area contributed by atoms with Gasteiger partial charge in [0.25, 0.3) is 0 Å². The molecule has 0 aliphatic rings. The van der Waals surface area contributed by atoms with Gasteiger partial charge in [-0.25, -0.2) is 4.79 Å². The molecule has 16 heavy (non-hydrogen) atoms. The Hall–Kier alpha value is -1.82. The predicted octanol–water partition coefficient (Wildman–Crippen LogP) is 0.961. The number of carboxylic acid groups (broad SMARTS) is 1. The van der Waals surface area contributed by atoms with Gasteiger partial charge in [-0.1, -0.05) is 0 Å². The van der Waals surface area contributed by atoms with Crippen LogP contribution in [0.4, 0.5) is 4.39 Å². The van der Waals surface area contributed by atoms with Gasteiger partial charge < -0.3 is 19.7 Å². The van der Waals surface area contributed by atoms with E-state index in [-0.39, 0.29) is 17.1 Å². The third kappa shape index (κ3) is 2.22. The van der Waals surface area contributed by atoms with Crippen LogP contribution >= 0.6 is 0 Å². The summed E-state index contributed by atoms with van der Waals surface area (Å²) in [6, 6.07) is 2.22. The first-order valence-electron chi connectivity index (χ1n) is 4.33. The molecule has 5 nitrogen and oxygen atoms in total. The van der Waals surface area contributed by atoms with E-state index in [1.54, 1.807) is 0 Å². The second kappa shape index (κ2) is 4.80. The van der Waals surface area contributed by atoms with E-state index in [9.17, 15) is 14.3 Å². The van der Waals surface area contributed by atoms with Crippen LogP contribution in [0.3, 0.4) is 0 Å². The molecule has 1 aromatic rings. The van der Waals surface area contributed by atoms with Gasteiger partial charge in [-0.05, 0) is 17.7 Å². The van der Waals surface area contributed by atoms with Gasteiger partial charge in [0.15, 0.2) is 17.6 Å². The number of aliphatic carboxylic acids is 1. The van der Waals surface area contributed by atoms with Crippen molar-refractivity contribution in [1.82, 2.24) is 0 Å². The molecule has 0 heterocycles. The molecular weight excluding hydrogens is 219 g/mol. The van der Waals surface area contributed by atoms with Crippen LogP contribution in [-0.4, -0.2) is 30.4 Å². The van der Waals surface area contributed by atoms with Crippen LogP contribution in [0.15, 0.2) is 12.1 Å². The summed E-state index contributed by atoms with van der Waals surface area (Å²) in [5.74, 6) is -2.55. The standard InChI is InChI=1S/C10H11FO5/c1-15-6-3-5(9(12)10(13)14)4-7(16-2)8(6)11/h3-4,9,12H,1-2H3,(H,13,14). The average Bonchev–Trinajstić information content (AvgIpc) is 2.28. The zero-order valence-corrected chi connectivity index (χ0v) is 8.73. The molecule has 6 heteroatoms. The zero-order chi connectivity index (χ0) is 12.3. The number of carboxylic acids is 1. The Bertz CT molecular complexity index is 379. The lowest BCUT2D eigenvalue weighted by molar-refractivity contribution is -0.146. The van der Waals surface area contributed by atoms with Crippen LogP contribution in [0, 0.1) is 5.82 Å². The van der Waals surface area contributed by atoms with Crippen molar-refractivity contribution in [2.45, 2.75) is 6.10 Å². The SMILES string of the molecule is COc1cc(C(O)C(=O)O)cc(OC)c1F. The molecular formula is C10H11FO5. The molecule has 0 saturated carbocycles. The molecule has 2 N–H and O–H groups in total. The number of methoxy groups -OCH3 is 2. The number of carbonyl (C=O) groups is 1. The highest BCUT2D eigenvalue weighted by Gasteiger charge is 2.21. The molecule has 0 aliphatic heterocycles. The minimum absolute atomic E-state index is 0.0115. The third-order valence-electron chi connectivity index (χ3n) is 2.02. The number of aliphatic hydroxyl groups excluding tert-OH is 1. The number of hydrogen-bond donors (Lipinski definition) is 2. The van der Waals surface area contributed by atoms with Gasteiger partial charge in [0, 0.05) is 0 Å². The molecule has 0 bridgehead atoms. The summed E-state index contributed by atoms with van der Waals surface area (Å²) in [4.78, 5) is 10.6. The van der Waals surface area contributed by atoms with Gasteiger partial charge in [-0.3, -0.25) is 0 Å². The van der Waals surface area contributed by atoms with Crippen LogP contribution in [0.2, 0.25) is 0 Å². The smallest absolute Gasteiger partial charge is 0.337 e. The summed E-state index contributed by atoms with van der Waals surface area (Å²) in [5, 5.41) is 17.9. The fourth-order valence-corrected chi connectivity index (χ4v) is 1.19. The number of rotatable bonds is 4. The molecule has 0 fully saturated rings. The maximum absolute atomic E-state index is 13.4. The summed E-state index contributed by atoms with van der Waals surface area (Å²) in [6.07, 6.45) is -1.75. The van der Waals surface area contributed by atoms with Crippen LogP contribution in [0.25, 0.3) is 0 Å². The Morgan fingerprint density at radius 2 is 1.75 bits per heavy atom. The Morgan fingerprint density at radius 1 is 1.31 bits per heavy atom. The first kappa shape index (κ1) is 12.3. The van der Waals surface area contributed by atoms with Crippen molar-refractivity contribution >= 4 is 5.97 Å². The van der Waals surface area contributed by atoms with E-state index in [1.165, 1.54) is 14.2 Å². The minimum atomic E-state index is -1.75. The fourth-order valence-electron chi connectivity index (χ4n) is 1.19. The summed E-state index contributed by atoms with van der Waals surface area (Å²) >= 11 is 0. The van der Waals surface area contributed by atoms with Crippen molar-refractivity contribution in [2.24, 2.45) is 0 Å². The summed E-state index contributed by atoms with van der Waals surface area (Å²) < 4.78 is 22.8. The van der Waals surface area contributed by atoms with Gasteiger partial charge in [0.2, 0.25) is 5.82 Å². The maximum atomic E-state index is 13.4. The lowest BCUT2D eigenvalue weighted by Crippen LogP contribution is -2.11. The Labute approximate surface area is 91.0 Å². The third-order valence-corrected chi connectivity index (χ3v) is 2.02. The summed E-state index contributed by atoms with van der Waals surface area (Å²) in [6.45, 7) is 0. The topological polar surface area (TPSA) is 76.0 Å². The van der Waals surface area contributed by atoms with Crippen LogP contribution < -0.4 is 9.47 Å². The normalized spacial score (nSPS) is 12.0. The second-order valence-corrected chi connectivity index (χ2v) is 2.98. The monoisotopic (exact) mass is 230 g/mol. The quantitative estimate of drug-likeness (QED) is 0.805. The van der Waals surface area contributed by atoms with Gasteiger partial charge in [0.05, 0.1) is 14.2 Å². The molecule has 0 spiro atoms. The van der Waals surface area contributed by atoms with E-state index in [4.69, 9.17) is 14.6 Å². The Kier molecular flexibility index (Phi) is 3.68. The van der Waals surface area contributed by atoms with E-state index in [1.807, 2.05) is 0 Å². The van der Waals surface area contributed by atoms with Crippen molar-refractivity contribution in [3.63, 3.8) is 0 Å². The Morgan fingerprint density at radius 3 is 2.06 bits per heavy atom. The number of halogens is 1. The fraction of sp³-hybridized carbons (Fsp3) is 0.300. The van der Waals surface area contributed by atoms with Crippen molar-refractivity contribution < 1.29 is 28.9 Å². The first-order valence-corrected chi connectivity index (χ1v) is 4.33. The van der Waals surface area contributed by atoms with Crippen molar-refractivity contribution in [2.75, 3.05) is 14.2 Å². The van der Waals surface area contributed by atoms with Gasteiger partial charge >= 0.3 is 5.97 Å². The Balaban J connectivity index is 3.26. The van der Waals surface area contributed by atoms with Crippen molar-refractivity contribution in [3.05, 3.63) is 23.5 Å². The lowest BCUT2D eigenvalue weighted by Gasteiger charge is -2.11. The molecule has 1 unspecified atom stereocenters. The zero-order valence-electron chi connectivity index (χ0n) is 8.73.